The molecule has 21 heavy (non-hydrogen) atoms. The van der Waals surface area contributed by atoms with Crippen molar-refractivity contribution in [1.82, 2.24) is 9.88 Å². The number of aromatic nitrogens is 1. The fraction of sp³-hybridized carbons (Fsp3) is 0.462. The van der Waals surface area contributed by atoms with Gasteiger partial charge >= 0.3 is 0 Å². The van der Waals surface area contributed by atoms with Gasteiger partial charge in [-0.1, -0.05) is 13.8 Å². The van der Waals surface area contributed by atoms with Gasteiger partial charge in [-0.15, -0.1) is 0 Å². The van der Waals surface area contributed by atoms with Crippen molar-refractivity contribution in [3.8, 4) is 6.07 Å². The molecular formula is C13H16N4O4. The smallest absolute Gasteiger partial charge is 0.287 e. The third kappa shape index (κ3) is 4.14. The highest BCUT2D eigenvalue weighted by Gasteiger charge is 2.16. The van der Waals surface area contributed by atoms with E-state index in [1.165, 1.54) is 0 Å². The summed E-state index contributed by atoms with van der Waals surface area (Å²) in [7, 11) is 0. The molecule has 0 atom stereocenters. The summed E-state index contributed by atoms with van der Waals surface area (Å²) in [6, 6.07) is 2.49. The standard InChI is InChI=1S/C13H16N4O4/c1-3-10(4-2)15-12(18)8-16-7-11(17(20)21)5-9(6-14)13(16)19/h5,7,10H,3-4,8H2,1-2H3,(H,15,18). The quantitative estimate of drug-likeness (QED) is 0.618. The molecule has 112 valence electrons. The van der Waals surface area contributed by atoms with E-state index in [1.54, 1.807) is 6.07 Å². The summed E-state index contributed by atoms with van der Waals surface area (Å²) in [5, 5.41) is 22.3. The van der Waals surface area contributed by atoms with E-state index in [0.29, 0.717) is 0 Å². The highest BCUT2D eigenvalue weighted by atomic mass is 16.6. The molecular weight excluding hydrogens is 276 g/mol. The van der Waals surface area contributed by atoms with Crippen molar-refractivity contribution >= 4 is 11.6 Å². The number of nitriles is 1. The van der Waals surface area contributed by atoms with Crippen LogP contribution in [0.4, 0.5) is 5.69 Å². The predicted molar refractivity (Wildman–Crippen MR) is 74.6 cm³/mol. The molecule has 0 aliphatic carbocycles. The van der Waals surface area contributed by atoms with Gasteiger partial charge in [-0.2, -0.15) is 5.26 Å². The number of rotatable bonds is 6. The van der Waals surface area contributed by atoms with Gasteiger partial charge in [0, 0.05) is 12.1 Å². The summed E-state index contributed by atoms with van der Waals surface area (Å²) in [5.41, 5.74) is -1.48. The summed E-state index contributed by atoms with van der Waals surface area (Å²) in [6.45, 7) is 3.48. The van der Waals surface area contributed by atoms with Crippen molar-refractivity contribution < 1.29 is 9.72 Å². The monoisotopic (exact) mass is 292 g/mol. The zero-order chi connectivity index (χ0) is 16.0. The average molecular weight is 292 g/mol. The Kier molecular flexibility index (Phi) is 5.60. The van der Waals surface area contributed by atoms with Crippen LogP contribution in [0, 0.1) is 21.4 Å². The number of carbonyl (C=O) groups is 1. The van der Waals surface area contributed by atoms with E-state index in [1.807, 2.05) is 13.8 Å². The lowest BCUT2D eigenvalue weighted by Crippen LogP contribution is -2.38. The third-order valence-electron chi connectivity index (χ3n) is 3.07. The predicted octanol–water partition coefficient (Wildman–Crippen LogP) is 0.933. The zero-order valence-corrected chi connectivity index (χ0v) is 11.8. The Morgan fingerprint density at radius 1 is 1.52 bits per heavy atom. The van der Waals surface area contributed by atoms with E-state index in [-0.39, 0.29) is 18.2 Å². The molecule has 0 radical (unpaired) electrons. The van der Waals surface area contributed by atoms with E-state index >= 15 is 0 Å². The first kappa shape index (κ1) is 16.4. The van der Waals surface area contributed by atoms with Gasteiger partial charge in [-0.3, -0.25) is 24.3 Å². The second-order valence-electron chi connectivity index (χ2n) is 4.49. The molecule has 0 saturated carbocycles. The number of carbonyl (C=O) groups excluding carboxylic acids is 1. The molecule has 1 N–H and O–H groups in total. The minimum absolute atomic E-state index is 0.0117. The highest BCUT2D eigenvalue weighted by Crippen LogP contribution is 2.09. The molecule has 8 nitrogen and oxygen atoms in total. The maximum Gasteiger partial charge on any atom is 0.287 e. The second kappa shape index (κ2) is 7.19. The molecule has 0 aromatic carbocycles. The van der Waals surface area contributed by atoms with Crippen LogP contribution in [-0.2, 0) is 11.3 Å². The van der Waals surface area contributed by atoms with Gasteiger partial charge in [-0.25, -0.2) is 0 Å². The van der Waals surface area contributed by atoms with E-state index in [0.717, 1.165) is 29.7 Å². The van der Waals surface area contributed by atoms with Crippen LogP contribution < -0.4 is 10.9 Å². The molecule has 0 unspecified atom stereocenters. The Hall–Kier alpha value is -2.69. The largest absolute Gasteiger partial charge is 0.352 e. The minimum atomic E-state index is -0.720. The van der Waals surface area contributed by atoms with E-state index in [9.17, 15) is 19.7 Å². The molecule has 1 aromatic rings. The fourth-order valence-corrected chi connectivity index (χ4v) is 1.84. The van der Waals surface area contributed by atoms with Gasteiger partial charge < -0.3 is 5.32 Å². The Morgan fingerprint density at radius 2 is 2.14 bits per heavy atom. The van der Waals surface area contributed by atoms with E-state index < -0.39 is 22.1 Å². The molecule has 1 rings (SSSR count). The van der Waals surface area contributed by atoms with Gasteiger partial charge in [0.05, 0.1) is 11.1 Å². The van der Waals surface area contributed by atoms with Crippen molar-refractivity contribution in [2.75, 3.05) is 0 Å². The zero-order valence-electron chi connectivity index (χ0n) is 11.8. The van der Waals surface area contributed by atoms with Crippen LogP contribution >= 0.6 is 0 Å². The topological polar surface area (TPSA) is 118 Å². The van der Waals surface area contributed by atoms with Crippen LogP contribution in [0.25, 0.3) is 0 Å². The molecule has 0 bridgehead atoms. The molecule has 0 aliphatic rings. The lowest BCUT2D eigenvalue weighted by atomic mass is 10.2. The maximum atomic E-state index is 11.9. The van der Waals surface area contributed by atoms with Gasteiger partial charge in [0.25, 0.3) is 11.2 Å². The molecule has 0 spiro atoms. The van der Waals surface area contributed by atoms with Crippen LogP contribution in [-0.4, -0.2) is 21.4 Å². The normalized spacial score (nSPS) is 10.2. The second-order valence-corrected chi connectivity index (χ2v) is 4.49. The number of hydrogen-bond donors (Lipinski definition) is 1. The number of pyridine rings is 1. The Balaban J connectivity index is 3.05. The Morgan fingerprint density at radius 3 is 2.62 bits per heavy atom. The lowest BCUT2D eigenvalue weighted by molar-refractivity contribution is -0.385. The summed E-state index contributed by atoms with van der Waals surface area (Å²) < 4.78 is 0.883. The summed E-state index contributed by atoms with van der Waals surface area (Å²) in [4.78, 5) is 33.8. The summed E-state index contributed by atoms with van der Waals surface area (Å²) in [6.07, 6.45) is 2.46. The molecule has 0 saturated heterocycles. The molecule has 0 aliphatic heterocycles. The molecule has 8 heteroatoms. The average Bonchev–Trinajstić information content (AvgIpc) is 2.46. The third-order valence-corrected chi connectivity index (χ3v) is 3.07. The van der Waals surface area contributed by atoms with Crippen LogP contribution in [0.2, 0.25) is 0 Å². The fourth-order valence-electron chi connectivity index (χ4n) is 1.84. The van der Waals surface area contributed by atoms with Crippen LogP contribution in [0.3, 0.4) is 0 Å². The number of nitrogens with zero attached hydrogens (tertiary/aromatic N) is 3. The SMILES string of the molecule is CCC(CC)NC(=O)Cn1cc([N+](=O)[O-])cc(C#N)c1=O. The van der Waals surface area contributed by atoms with Crippen LogP contribution in [0.15, 0.2) is 17.1 Å². The molecule has 1 aromatic heterocycles. The van der Waals surface area contributed by atoms with Crippen molar-refractivity contribution in [1.29, 1.82) is 5.26 Å². The van der Waals surface area contributed by atoms with Crippen LogP contribution in [0.5, 0.6) is 0 Å². The van der Waals surface area contributed by atoms with Crippen LogP contribution in [0.1, 0.15) is 32.3 Å². The highest BCUT2D eigenvalue weighted by molar-refractivity contribution is 5.76. The molecule has 1 amide bonds. The Bertz CT molecular complexity index is 641. The van der Waals surface area contributed by atoms with E-state index in [2.05, 4.69) is 5.32 Å². The van der Waals surface area contributed by atoms with Crippen molar-refractivity contribution in [2.45, 2.75) is 39.3 Å². The van der Waals surface area contributed by atoms with E-state index in [4.69, 9.17) is 5.26 Å². The maximum absolute atomic E-state index is 11.9. The first-order chi connectivity index (χ1) is 9.92. The summed E-state index contributed by atoms with van der Waals surface area (Å²) in [5.74, 6) is -0.421. The van der Waals surface area contributed by atoms with Gasteiger partial charge in [0.2, 0.25) is 5.91 Å². The summed E-state index contributed by atoms with van der Waals surface area (Å²) >= 11 is 0. The van der Waals surface area contributed by atoms with Crippen molar-refractivity contribution in [3.05, 3.63) is 38.3 Å². The lowest BCUT2D eigenvalue weighted by Gasteiger charge is -2.15. The molecule has 1 heterocycles. The number of nitro groups is 1. The number of amides is 1. The van der Waals surface area contributed by atoms with Crippen molar-refractivity contribution in [2.24, 2.45) is 0 Å². The van der Waals surface area contributed by atoms with Gasteiger partial charge in [0.15, 0.2) is 0 Å². The first-order valence-corrected chi connectivity index (χ1v) is 6.51. The number of hydrogen-bond acceptors (Lipinski definition) is 5. The number of nitrogens with one attached hydrogen (secondary N) is 1. The first-order valence-electron chi connectivity index (χ1n) is 6.51. The Labute approximate surface area is 121 Å². The van der Waals surface area contributed by atoms with Crippen molar-refractivity contribution in [3.63, 3.8) is 0 Å². The molecule has 0 fully saturated rings. The van der Waals surface area contributed by atoms with Gasteiger partial charge in [-0.05, 0) is 12.8 Å². The minimum Gasteiger partial charge on any atom is -0.352 e. The van der Waals surface area contributed by atoms with Gasteiger partial charge in [0.1, 0.15) is 18.2 Å².